The summed E-state index contributed by atoms with van der Waals surface area (Å²) in [5, 5.41) is 0. The van der Waals surface area contributed by atoms with Crippen molar-refractivity contribution in [1.82, 2.24) is 9.55 Å². The van der Waals surface area contributed by atoms with Crippen LogP contribution in [0.4, 0.5) is 0 Å². The van der Waals surface area contributed by atoms with Gasteiger partial charge in [-0.25, -0.2) is 4.79 Å². The number of ether oxygens (including phenoxy) is 3. The monoisotopic (exact) mass is 244 g/mol. The van der Waals surface area contributed by atoms with Crippen LogP contribution in [0.15, 0.2) is 21.9 Å². The fraction of sp³-hybridized carbons (Fsp3) is 0.600. The van der Waals surface area contributed by atoms with Crippen LogP contribution in [0.2, 0.25) is 0 Å². The minimum absolute atomic E-state index is 0.204. The molecule has 0 aliphatic rings. The molecule has 17 heavy (non-hydrogen) atoms. The largest absolute Gasteiger partial charge is 0.382 e. The van der Waals surface area contributed by atoms with E-state index in [0.717, 1.165) is 0 Å². The lowest BCUT2D eigenvalue weighted by molar-refractivity contribution is -0.0631. The average molecular weight is 244 g/mol. The third kappa shape index (κ3) is 4.14. The van der Waals surface area contributed by atoms with Crippen molar-refractivity contribution >= 4 is 0 Å². The highest BCUT2D eigenvalue weighted by molar-refractivity contribution is 4.84. The predicted octanol–water partition coefficient (Wildman–Crippen LogP) is -0.655. The first-order valence-corrected chi connectivity index (χ1v) is 5.10. The van der Waals surface area contributed by atoms with Gasteiger partial charge >= 0.3 is 5.69 Å². The molecule has 1 rings (SSSR count). The van der Waals surface area contributed by atoms with Crippen molar-refractivity contribution in [2.45, 2.75) is 6.23 Å². The van der Waals surface area contributed by atoms with Gasteiger partial charge in [0.2, 0.25) is 0 Å². The van der Waals surface area contributed by atoms with E-state index in [4.69, 9.17) is 14.2 Å². The van der Waals surface area contributed by atoms with Crippen LogP contribution >= 0.6 is 0 Å². The fourth-order valence-corrected chi connectivity index (χ4v) is 1.27. The first-order chi connectivity index (χ1) is 8.19. The Labute approximate surface area is 97.9 Å². The molecule has 7 nitrogen and oxygen atoms in total. The molecule has 0 bridgehead atoms. The van der Waals surface area contributed by atoms with Crippen LogP contribution in [-0.4, -0.2) is 43.6 Å². The van der Waals surface area contributed by atoms with Crippen LogP contribution in [0.1, 0.15) is 6.23 Å². The van der Waals surface area contributed by atoms with Crippen LogP contribution in [0.3, 0.4) is 0 Å². The summed E-state index contributed by atoms with van der Waals surface area (Å²) in [6, 6.07) is 1.25. The molecule has 1 atom stereocenters. The lowest BCUT2D eigenvalue weighted by atomic mass is 10.5. The van der Waals surface area contributed by atoms with E-state index in [0.29, 0.717) is 13.2 Å². The smallest absolute Gasteiger partial charge is 0.330 e. The van der Waals surface area contributed by atoms with Gasteiger partial charge in [-0.15, -0.1) is 0 Å². The Bertz CT molecular complexity index is 439. The average Bonchev–Trinajstić information content (AvgIpc) is 2.28. The summed E-state index contributed by atoms with van der Waals surface area (Å²) < 4.78 is 16.5. The second-order valence-corrected chi connectivity index (χ2v) is 3.29. The Balaban J connectivity index is 2.81. The molecule has 0 aliphatic heterocycles. The van der Waals surface area contributed by atoms with Gasteiger partial charge < -0.3 is 14.2 Å². The summed E-state index contributed by atoms with van der Waals surface area (Å²) in [7, 11) is 3.06. The Kier molecular flexibility index (Phi) is 5.61. The number of nitrogens with one attached hydrogen (secondary N) is 1. The summed E-state index contributed by atoms with van der Waals surface area (Å²) in [5.41, 5.74) is -0.976. The highest BCUT2D eigenvalue weighted by Gasteiger charge is 2.12. The number of hydrogen-bond acceptors (Lipinski definition) is 5. The highest BCUT2D eigenvalue weighted by atomic mass is 16.6. The lowest BCUT2D eigenvalue weighted by Gasteiger charge is -2.18. The molecule has 7 heteroatoms. The molecule has 0 amide bonds. The van der Waals surface area contributed by atoms with E-state index in [2.05, 4.69) is 4.98 Å². The Morgan fingerprint density at radius 2 is 2.06 bits per heavy atom. The van der Waals surface area contributed by atoms with E-state index >= 15 is 0 Å². The summed E-state index contributed by atoms with van der Waals surface area (Å²) >= 11 is 0. The molecule has 0 spiro atoms. The Morgan fingerprint density at radius 3 is 2.65 bits per heavy atom. The van der Waals surface area contributed by atoms with Crippen molar-refractivity contribution in [3.63, 3.8) is 0 Å². The van der Waals surface area contributed by atoms with Crippen LogP contribution in [0, 0.1) is 0 Å². The van der Waals surface area contributed by atoms with E-state index < -0.39 is 17.5 Å². The third-order valence-electron chi connectivity index (χ3n) is 2.07. The first-order valence-electron chi connectivity index (χ1n) is 5.10. The van der Waals surface area contributed by atoms with E-state index in [1.165, 1.54) is 23.9 Å². The number of aromatic amines is 1. The molecule has 0 saturated heterocycles. The molecule has 1 aromatic rings. The van der Waals surface area contributed by atoms with Crippen LogP contribution in [0.25, 0.3) is 0 Å². The van der Waals surface area contributed by atoms with Gasteiger partial charge in [-0.2, -0.15) is 0 Å². The minimum atomic E-state index is -0.584. The van der Waals surface area contributed by atoms with E-state index in [-0.39, 0.29) is 6.61 Å². The predicted molar refractivity (Wildman–Crippen MR) is 60.1 cm³/mol. The van der Waals surface area contributed by atoms with E-state index in [1.807, 2.05) is 0 Å². The summed E-state index contributed by atoms with van der Waals surface area (Å²) in [5.74, 6) is 0. The van der Waals surface area contributed by atoms with Crippen molar-refractivity contribution in [2.24, 2.45) is 0 Å². The van der Waals surface area contributed by atoms with Crippen molar-refractivity contribution in [2.75, 3.05) is 34.0 Å². The van der Waals surface area contributed by atoms with Crippen molar-refractivity contribution in [1.29, 1.82) is 0 Å². The summed E-state index contributed by atoms with van der Waals surface area (Å²) in [6.45, 7) is 0.948. The zero-order chi connectivity index (χ0) is 12.7. The third-order valence-corrected chi connectivity index (χ3v) is 2.07. The molecular weight excluding hydrogens is 228 g/mol. The number of hydrogen-bond donors (Lipinski definition) is 1. The number of aromatic nitrogens is 2. The van der Waals surface area contributed by atoms with Gasteiger partial charge in [0.1, 0.15) is 0 Å². The number of nitrogens with zero attached hydrogens (tertiary/aromatic N) is 1. The topological polar surface area (TPSA) is 82.6 Å². The van der Waals surface area contributed by atoms with Gasteiger partial charge in [-0.1, -0.05) is 0 Å². The van der Waals surface area contributed by atoms with E-state index in [1.54, 1.807) is 7.11 Å². The minimum Gasteiger partial charge on any atom is -0.382 e. The second kappa shape index (κ2) is 7.00. The number of methoxy groups -OCH3 is 2. The van der Waals surface area contributed by atoms with Crippen LogP contribution in [0.5, 0.6) is 0 Å². The fourth-order valence-electron chi connectivity index (χ4n) is 1.27. The van der Waals surface area contributed by atoms with Crippen molar-refractivity contribution in [3.05, 3.63) is 33.1 Å². The molecular formula is C10H16N2O5. The Hall–Kier alpha value is -1.44. The molecule has 1 heterocycles. The van der Waals surface area contributed by atoms with Gasteiger partial charge in [0, 0.05) is 26.5 Å². The van der Waals surface area contributed by atoms with Crippen molar-refractivity contribution < 1.29 is 14.2 Å². The first kappa shape index (κ1) is 13.6. The molecule has 0 radical (unpaired) electrons. The molecule has 0 aliphatic carbocycles. The summed E-state index contributed by atoms with van der Waals surface area (Å²) in [4.78, 5) is 24.6. The van der Waals surface area contributed by atoms with E-state index in [9.17, 15) is 9.59 Å². The standard InChI is InChI=1S/C10H16N2O5/c1-15-5-6-17-9(7-16-2)12-4-3-8(13)11-10(12)14/h3-4,9H,5-7H2,1-2H3,(H,11,13,14)/t9-/m1/s1. The zero-order valence-corrected chi connectivity index (χ0v) is 9.84. The maximum atomic E-state index is 11.5. The maximum Gasteiger partial charge on any atom is 0.330 e. The Morgan fingerprint density at radius 1 is 1.29 bits per heavy atom. The second-order valence-electron chi connectivity index (χ2n) is 3.29. The molecule has 96 valence electrons. The SMILES string of the molecule is COCCO[C@H](COC)n1ccc(=O)[nH]c1=O. The molecule has 0 unspecified atom stereocenters. The highest BCUT2D eigenvalue weighted by Crippen LogP contribution is 2.04. The maximum absolute atomic E-state index is 11.5. The van der Waals surface area contributed by atoms with Gasteiger partial charge in [0.25, 0.3) is 5.56 Å². The molecule has 1 aromatic heterocycles. The molecule has 0 saturated carbocycles. The summed E-state index contributed by atoms with van der Waals surface area (Å²) in [6.07, 6.45) is 0.789. The quantitative estimate of drug-likeness (QED) is 0.644. The molecule has 1 N–H and O–H groups in total. The number of rotatable bonds is 7. The van der Waals surface area contributed by atoms with Gasteiger partial charge in [0.05, 0.1) is 19.8 Å². The van der Waals surface area contributed by atoms with Gasteiger partial charge in [-0.3, -0.25) is 14.3 Å². The van der Waals surface area contributed by atoms with Gasteiger partial charge in [-0.05, 0) is 0 Å². The van der Waals surface area contributed by atoms with Crippen LogP contribution < -0.4 is 11.2 Å². The van der Waals surface area contributed by atoms with Gasteiger partial charge in [0.15, 0.2) is 6.23 Å². The number of H-pyrrole nitrogens is 1. The molecule has 0 fully saturated rings. The zero-order valence-electron chi connectivity index (χ0n) is 9.84. The lowest BCUT2D eigenvalue weighted by Crippen LogP contribution is -2.34. The van der Waals surface area contributed by atoms with Crippen LogP contribution in [-0.2, 0) is 14.2 Å². The normalized spacial score (nSPS) is 12.6. The van der Waals surface area contributed by atoms with Crippen molar-refractivity contribution in [3.8, 4) is 0 Å². The molecule has 0 aromatic carbocycles.